The Morgan fingerprint density at radius 2 is 1.83 bits per heavy atom. The van der Waals surface area contributed by atoms with Gasteiger partial charge >= 0.3 is 6.09 Å². The van der Waals surface area contributed by atoms with Crippen LogP contribution in [0, 0.1) is 29.6 Å². The molecule has 2 aliphatic carbocycles. The molecule has 0 aromatic carbocycles. The molecule has 1 saturated carbocycles. The van der Waals surface area contributed by atoms with Crippen LogP contribution in [-0.4, -0.2) is 55.7 Å². The SMILES string of the molecule is O=C(NCCOCCSSCCO)OCC1C2CCC#CCCC21. The van der Waals surface area contributed by atoms with Gasteiger partial charge in [-0.1, -0.05) is 21.6 Å². The number of fused-ring (bicyclic) bond motifs is 1. The number of carbonyl (C=O) groups excluding carboxylic acids is 1. The van der Waals surface area contributed by atoms with E-state index in [2.05, 4.69) is 17.2 Å². The third-order valence-corrected chi connectivity index (χ3v) is 6.68. The van der Waals surface area contributed by atoms with E-state index in [0.717, 1.165) is 37.2 Å². The Bertz CT molecular complexity index is 420. The quantitative estimate of drug-likeness (QED) is 0.330. The molecule has 0 radical (unpaired) electrons. The van der Waals surface area contributed by atoms with Crippen LogP contribution in [0.25, 0.3) is 0 Å². The second-order valence-corrected chi connectivity index (χ2v) is 8.63. The van der Waals surface area contributed by atoms with E-state index in [9.17, 15) is 4.79 Å². The maximum Gasteiger partial charge on any atom is 0.407 e. The smallest absolute Gasteiger partial charge is 0.407 e. The summed E-state index contributed by atoms with van der Waals surface area (Å²) in [5.74, 6) is 9.94. The van der Waals surface area contributed by atoms with Gasteiger partial charge in [0.05, 0.1) is 26.4 Å². The molecule has 0 aromatic heterocycles. The van der Waals surface area contributed by atoms with Crippen LogP contribution in [0.2, 0.25) is 0 Å². The Kier molecular flexibility index (Phi) is 9.81. The summed E-state index contributed by atoms with van der Waals surface area (Å²) in [4.78, 5) is 11.7. The fraction of sp³-hybridized carbons (Fsp3) is 0.824. The van der Waals surface area contributed by atoms with Crippen LogP contribution in [-0.2, 0) is 9.47 Å². The maximum absolute atomic E-state index is 11.7. The molecule has 24 heavy (non-hydrogen) atoms. The highest BCUT2D eigenvalue weighted by atomic mass is 33.1. The van der Waals surface area contributed by atoms with Crippen molar-refractivity contribution in [1.82, 2.24) is 5.32 Å². The number of amides is 1. The van der Waals surface area contributed by atoms with Crippen LogP contribution in [0.5, 0.6) is 0 Å². The highest BCUT2D eigenvalue weighted by Crippen LogP contribution is 2.52. The molecule has 1 fully saturated rings. The van der Waals surface area contributed by atoms with Crippen molar-refractivity contribution in [2.75, 3.05) is 44.5 Å². The predicted molar refractivity (Wildman–Crippen MR) is 98.9 cm³/mol. The molecule has 2 aliphatic rings. The summed E-state index contributed by atoms with van der Waals surface area (Å²) >= 11 is 0. The Balaban J connectivity index is 1.41. The summed E-state index contributed by atoms with van der Waals surface area (Å²) in [7, 11) is 3.32. The van der Waals surface area contributed by atoms with Gasteiger partial charge in [-0.25, -0.2) is 4.79 Å². The van der Waals surface area contributed by atoms with E-state index in [1.54, 1.807) is 21.6 Å². The van der Waals surface area contributed by atoms with Crippen LogP contribution < -0.4 is 5.32 Å². The van der Waals surface area contributed by atoms with Crippen LogP contribution in [0.3, 0.4) is 0 Å². The highest BCUT2D eigenvalue weighted by Gasteiger charge is 2.49. The Morgan fingerprint density at radius 3 is 2.54 bits per heavy atom. The van der Waals surface area contributed by atoms with Gasteiger partial charge in [-0.2, -0.15) is 0 Å². The number of ether oxygens (including phenoxy) is 2. The summed E-state index contributed by atoms with van der Waals surface area (Å²) in [5.41, 5.74) is 0. The van der Waals surface area contributed by atoms with Crippen LogP contribution >= 0.6 is 21.6 Å². The number of aliphatic hydroxyl groups is 1. The first-order valence-corrected chi connectivity index (χ1v) is 11.1. The number of rotatable bonds is 11. The van der Waals surface area contributed by atoms with Crippen molar-refractivity contribution < 1.29 is 19.4 Å². The second kappa shape index (κ2) is 11.9. The lowest BCUT2D eigenvalue weighted by molar-refractivity contribution is 0.124. The first-order chi connectivity index (χ1) is 11.8. The number of nitrogens with one attached hydrogen (secondary N) is 1. The number of alkyl carbamates (subject to hydrolysis) is 1. The van der Waals surface area contributed by atoms with Crippen molar-refractivity contribution in [3.05, 3.63) is 0 Å². The summed E-state index contributed by atoms with van der Waals surface area (Å²) in [6.07, 6.45) is 3.92. The lowest BCUT2D eigenvalue weighted by Crippen LogP contribution is -2.28. The molecule has 2 unspecified atom stereocenters. The minimum atomic E-state index is -0.345. The lowest BCUT2D eigenvalue weighted by atomic mass is 10.1. The van der Waals surface area contributed by atoms with Crippen LogP contribution in [0.1, 0.15) is 25.7 Å². The van der Waals surface area contributed by atoms with Gasteiger partial charge in [-0.15, -0.1) is 11.8 Å². The van der Waals surface area contributed by atoms with E-state index in [1.165, 1.54) is 0 Å². The third kappa shape index (κ3) is 7.56. The summed E-state index contributed by atoms with van der Waals surface area (Å²) in [6.45, 7) is 2.35. The first kappa shape index (κ1) is 19.8. The molecule has 0 spiro atoms. The summed E-state index contributed by atoms with van der Waals surface area (Å²) < 4.78 is 10.8. The van der Waals surface area contributed by atoms with Gasteiger partial charge in [0.1, 0.15) is 0 Å². The molecule has 136 valence electrons. The zero-order valence-electron chi connectivity index (χ0n) is 14.0. The van der Waals surface area contributed by atoms with Crippen molar-refractivity contribution in [3.63, 3.8) is 0 Å². The van der Waals surface area contributed by atoms with E-state index in [4.69, 9.17) is 14.6 Å². The van der Waals surface area contributed by atoms with Crippen LogP contribution in [0.15, 0.2) is 0 Å². The van der Waals surface area contributed by atoms with E-state index in [0.29, 0.717) is 44.1 Å². The average Bonchev–Trinajstić information content (AvgIpc) is 3.21. The van der Waals surface area contributed by atoms with Gasteiger partial charge in [0.2, 0.25) is 0 Å². The monoisotopic (exact) mass is 373 g/mol. The standard InChI is InChI=1S/C17H27NO4S2/c19-8-11-23-24-12-10-21-9-7-18-17(20)22-13-16-14-5-3-1-2-4-6-15(14)16/h14-16,19H,3-13H2,(H,18,20). The Labute approximate surface area is 152 Å². The Hall–Kier alpha value is -0.550. The molecule has 0 saturated heterocycles. The minimum absolute atomic E-state index is 0.209. The fourth-order valence-electron chi connectivity index (χ4n) is 3.08. The maximum atomic E-state index is 11.7. The largest absolute Gasteiger partial charge is 0.449 e. The fourth-order valence-corrected chi connectivity index (χ4v) is 4.71. The van der Waals surface area contributed by atoms with Gasteiger partial charge in [0.25, 0.3) is 0 Å². The van der Waals surface area contributed by atoms with E-state index in [1.807, 2.05) is 0 Å². The van der Waals surface area contributed by atoms with E-state index >= 15 is 0 Å². The van der Waals surface area contributed by atoms with Gasteiger partial charge in [0, 0.05) is 30.9 Å². The van der Waals surface area contributed by atoms with Gasteiger partial charge in [0.15, 0.2) is 0 Å². The van der Waals surface area contributed by atoms with Crippen molar-refractivity contribution >= 4 is 27.7 Å². The molecule has 2 rings (SSSR count). The Morgan fingerprint density at radius 1 is 1.12 bits per heavy atom. The molecule has 0 aliphatic heterocycles. The first-order valence-electron chi connectivity index (χ1n) is 8.62. The molecule has 2 atom stereocenters. The molecule has 0 bridgehead atoms. The van der Waals surface area contributed by atoms with Crippen molar-refractivity contribution in [1.29, 1.82) is 0 Å². The van der Waals surface area contributed by atoms with E-state index in [-0.39, 0.29) is 12.7 Å². The normalized spacial score (nSPS) is 24.8. The molecule has 0 heterocycles. The number of hydrogen-bond acceptors (Lipinski definition) is 6. The van der Waals surface area contributed by atoms with Crippen molar-refractivity contribution in [2.24, 2.45) is 17.8 Å². The summed E-state index contributed by atoms with van der Waals surface area (Å²) in [6, 6.07) is 0. The third-order valence-electron chi connectivity index (χ3n) is 4.33. The average molecular weight is 374 g/mol. The zero-order chi connectivity index (χ0) is 17.0. The molecule has 7 heteroatoms. The molecule has 2 N–H and O–H groups in total. The highest BCUT2D eigenvalue weighted by molar-refractivity contribution is 8.76. The van der Waals surface area contributed by atoms with Gasteiger partial charge < -0.3 is 19.9 Å². The summed E-state index contributed by atoms with van der Waals surface area (Å²) in [5, 5.41) is 11.4. The van der Waals surface area contributed by atoms with Gasteiger partial charge in [-0.3, -0.25) is 0 Å². The molecule has 0 aromatic rings. The second-order valence-electron chi connectivity index (χ2n) is 5.93. The molecular weight excluding hydrogens is 346 g/mol. The van der Waals surface area contributed by atoms with E-state index < -0.39 is 0 Å². The number of aliphatic hydroxyl groups excluding tert-OH is 1. The molecule has 1 amide bonds. The minimum Gasteiger partial charge on any atom is -0.449 e. The van der Waals surface area contributed by atoms with Gasteiger partial charge in [-0.05, 0) is 30.6 Å². The molecule has 5 nitrogen and oxygen atoms in total. The lowest BCUT2D eigenvalue weighted by Gasteiger charge is -2.07. The molecular formula is C17H27NO4S2. The number of carbonyl (C=O) groups is 1. The topological polar surface area (TPSA) is 67.8 Å². The predicted octanol–water partition coefficient (Wildman–Crippen LogP) is 2.54. The van der Waals surface area contributed by atoms with Crippen molar-refractivity contribution in [2.45, 2.75) is 25.7 Å². The van der Waals surface area contributed by atoms with Crippen molar-refractivity contribution in [3.8, 4) is 11.8 Å². The number of hydrogen-bond donors (Lipinski definition) is 2. The van der Waals surface area contributed by atoms with Crippen LogP contribution in [0.4, 0.5) is 4.79 Å². The zero-order valence-corrected chi connectivity index (χ0v) is 15.6.